The fourth-order valence-corrected chi connectivity index (χ4v) is 1.74. The van der Waals surface area contributed by atoms with Gasteiger partial charge in [-0.3, -0.25) is 0 Å². The molecule has 0 bridgehead atoms. The van der Waals surface area contributed by atoms with Gasteiger partial charge < -0.3 is 9.84 Å². The summed E-state index contributed by atoms with van der Waals surface area (Å²) >= 11 is 5.78. The van der Waals surface area contributed by atoms with Crippen molar-refractivity contribution >= 4 is 23.5 Å². The molecule has 1 heterocycles. The molecule has 1 N–H and O–H groups in total. The lowest BCUT2D eigenvalue weighted by atomic mass is 10.3. The number of aromatic nitrogens is 2. The normalized spacial score (nSPS) is 10.3. The van der Waals surface area contributed by atoms with Crippen LogP contribution in [0.15, 0.2) is 30.3 Å². The third kappa shape index (κ3) is 2.80. The number of carboxylic acid groups (broad SMARTS) is 1. The minimum absolute atomic E-state index is 0.0563. The van der Waals surface area contributed by atoms with Gasteiger partial charge in [-0.15, -0.1) is 0 Å². The zero-order valence-corrected chi connectivity index (χ0v) is 11.3. The number of benzene rings is 1. The van der Waals surface area contributed by atoms with Crippen LogP contribution in [0.3, 0.4) is 0 Å². The van der Waals surface area contributed by atoms with Crippen molar-refractivity contribution in [3.8, 4) is 5.69 Å². The molecule has 0 saturated carbocycles. The van der Waals surface area contributed by atoms with Crippen LogP contribution in [0.5, 0.6) is 0 Å². The first-order valence-corrected chi connectivity index (χ1v) is 6.17. The van der Waals surface area contributed by atoms with Crippen LogP contribution >= 0.6 is 11.6 Å². The van der Waals surface area contributed by atoms with Crippen molar-refractivity contribution in [3.05, 3.63) is 46.7 Å². The fraction of sp³-hybridized carbons (Fsp3) is 0.154. The summed E-state index contributed by atoms with van der Waals surface area (Å²) in [4.78, 5) is 22.8. The van der Waals surface area contributed by atoms with E-state index >= 15 is 0 Å². The summed E-state index contributed by atoms with van der Waals surface area (Å²) in [7, 11) is 0. The van der Waals surface area contributed by atoms with E-state index in [1.165, 1.54) is 6.07 Å². The van der Waals surface area contributed by atoms with Crippen LogP contribution < -0.4 is 0 Å². The Hall–Kier alpha value is -2.34. The second kappa shape index (κ2) is 5.75. The molecule has 0 fully saturated rings. The molecule has 0 spiro atoms. The highest BCUT2D eigenvalue weighted by Crippen LogP contribution is 2.16. The minimum Gasteiger partial charge on any atom is -0.477 e. The third-order valence-electron chi connectivity index (χ3n) is 2.48. The van der Waals surface area contributed by atoms with Gasteiger partial charge in [0.05, 0.1) is 12.3 Å². The van der Waals surface area contributed by atoms with Gasteiger partial charge in [-0.1, -0.05) is 11.6 Å². The average molecular weight is 295 g/mol. The molecule has 1 aromatic carbocycles. The lowest BCUT2D eigenvalue weighted by Gasteiger charge is -2.04. The molecule has 0 amide bonds. The first kappa shape index (κ1) is 14.1. The number of aromatic carboxylic acids is 1. The summed E-state index contributed by atoms with van der Waals surface area (Å²) in [5.74, 6) is -1.86. The van der Waals surface area contributed by atoms with E-state index in [0.29, 0.717) is 10.7 Å². The quantitative estimate of drug-likeness (QED) is 0.876. The Bertz CT molecular complexity index is 649. The van der Waals surface area contributed by atoms with Gasteiger partial charge in [-0.05, 0) is 31.2 Å². The number of carbonyl (C=O) groups excluding carboxylic acids is 1. The first-order valence-electron chi connectivity index (χ1n) is 5.79. The molecule has 0 radical (unpaired) electrons. The van der Waals surface area contributed by atoms with Gasteiger partial charge in [0.15, 0.2) is 11.4 Å². The van der Waals surface area contributed by atoms with Crippen molar-refractivity contribution in [2.45, 2.75) is 6.92 Å². The molecule has 104 valence electrons. The molecule has 2 rings (SSSR count). The summed E-state index contributed by atoms with van der Waals surface area (Å²) < 4.78 is 5.96. The van der Waals surface area contributed by atoms with Gasteiger partial charge in [-0.2, -0.15) is 5.10 Å². The molecule has 7 heteroatoms. The molecule has 1 aromatic heterocycles. The molecule has 0 aliphatic rings. The van der Waals surface area contributed by atoms with Gasteiger partial charge in [0.25, 0.3) is 0 Å². The number of nitrogens with zero attached hydrogens (tertiary/aromatic N) is 2. The van der Waals surface area contributed by atoms with Crippen molar-refractivity contribution in [2.24, 2.45) is 0 Å². The van der Waals surface area contributed by atoms with E-state index in [0.717, 1.165) is 4.68 Å². The van der Waals surface area contributed by atoms with Gasteiger partial charge in [0, 0.05) is 11.1 Å². The fourth-order valence-electron chi connectivity index (χ4n) is 1.62. The number of esters is 1. The Morgan fingerprint density at radius 3 is 2.55 bits per heavy atom. The molecular weight excluding hydrogens is 284 g/mol. The van der Waals surface area contributed by atoms with Crippen molar-refractivity contribution < 1.29 is 19.4 Å². The number of rotatable bonds is 4. The van der Waals surface area contributed by atoms with Crippen molar-refractivity contribution in [1.29, 1.82) is 0 Å². The molecule has 20 heavy (non-hydrogen) atoms. The highest BCUT2D eigenvalue weighted by atomic mass is 35.5. The van der Waals surface area contributed by atoms with Crippen molar-refractivity contribution in [2.75, 3.05) is 6.61 Å². The van der Waals surface area contributed by atoms with E-state index in [4.69, 9.17) is 21.4 Å². The molecule has 0 aliphatic carbocycles. The van der Waals surface area contributed by atoms with E-state index in [-0.39, 0.29) is 18.0 Å². The molecule has 6 nitrogen and oxygen atoms in total. The monoisotopic (exact) mass is 294 g/mol. The average Bonchev–Trinajstić information content (AvgIpc) is 2.85. The predicted molar refractivity (Wildman–Crippen MR) is 71.5 cm³/mol. The molecular formula is C13H11ClN2O4. The Labute approximate surface area is 119 Å². The Balaban J connectivity index is 2.48. The smallest absolute Gasteiger partial charge is 0.358 e. The lowest BCUT2D eigenvalue weighted by molar-refractivity contribution is 0.0518. The van der Waals surface area contributed by atoms with Crippen molar-refractivity contribution in [3.63, 3.8) is 0 Å². The number of hydrogen-bond acceptors (Lipinski definition) is 4. The van der Waals surface area contributed by atoms with E-state index < -0.39 is 11.9 Å². The van der Waals surface area contributed by atoms with Gasteiger partial charge >= 0.3 is 11.9 Å². The molecule has 0 saturated heterocycles. The second-order valence-electron chi connectivity index (χ2n) is 3.83. The maximum Gasteiger partial charge on any atom is 0.358 e. The third-order valence-corrected chi connectivity index (χ3v) is 2.74. The van der Waals surface area contributed by atoms with Crippen LogP contribution in [0.25, 0.3) is 5.69 Å². The standard InChI is InChI=1S/C13H11ClN2O4/c1-2-20-13(19)10-7-11(12(17)18)16(15-10)9-5-3-8(14)4-6-9/h3-7H,2H2,1H3,(H,17,18). The van der Waals surface area contributed by atoms with E-state index in [1.807, 2.05) is 0 Å². The highest BCUT2D eigenvalue weighted by Gasteiger charge is 2.20. The zero-order valence-electron chi connectivity index (χ0n) is 10.5. The number of halogens is 1. The predicted octanol–water partition coefficient (Wildman–Crippen LogP) is 2.40. The van der Waals surface area contributed by atoms with Crippen LogP contribution in [0.4, 0.5) is 0 Å². The van der Waals surface area contributed by atoms with Crippen LogP contribution in [-0.4, -0.2) is 33.4 Å². The second-order valence-corrected chi connectivity index (χ2v) is 4.27. The summed E-state index contributed by atoms with van der Waals surface area (Å²) in [6, 6.07) is 7.60. The Morgan fingerprint density at radius 1 is 1.35 bits per heavy atom. The SMILES string of the molecule is CCOC(=O)c1cc(C(=O)O)n(-c2ccc(Cl)cc2)n1. The number of ether oxygens (including phenoxy) is 1. The largest absolute Gasteiger partial charge is 0.477 e. The molecule has 0 atom stereocenters. The lowest BCUT2D eigenvalue weighted by Crippen LogP contribution is -2.08. The number of carboxylic acids is 1. The van der Waals surface area contributed by atoms with E-state index in [9.17, 15) is 9.59 Å². The maximum absolute atomic E-state index is 11.6. The van der Waals surface area contributed by atoms with Crippen LogP contribution in [-0.2, 0) is 4.74 Å². The van der Waals surface area contributed by atoms with Crippen LogP contribution in [0.2, 0.25) is 5.02 Å². The molecule has 0 unspecified atom stereocenters. The zero-order chi connectivity index (χ0) is 14.7. The topological polar surface area (TPSA) is 81.4 Å². The minimum atomic E-state index is -1.19. The molecule has 0 aliphatic heterocycles. The van der Waals surface area contributed by atoms with Gasteiger partial charge in [0.2, 0.25) is 0 Å². The van der Waals surface area contributed by atoms with E-state index in [2.05, 4.69) is 5.10 Å². The van der Waals surface area contributed by atoms with Crippen LogP contribution in [0, 0.1) is 0 Å². The van der Waals surface area contributed by atoms with Crippen LogP contribution in [0.1, 0.15) is 27.9 Å². The summed E-state index contributed by atoms with van der Waals surface area (Å²) in [6.07, 6.45) is 0. The Kier molecular flexibility index (Phi) is 4.05. The highest BCUT2D eigenvalue weighted by molar-refractivity contribution is 6.30. The molecule has 2 aromatic rings. The first-order chi connectivity index (χ1) is 9.52. The summed E-state index contributed by atoms with van der Waals surface area (Å²) in [5.41, 5.74) is 0.303. The summed E-state index contributed by atoms with van der Waals surface area (Å²) in [5, 5.41) is 13.7. The summed E-state index contributed by atoms with van der Waals surface area (Å²) in [6.45, 7) is 1.85. The number of carbonyl (C=O) groups is 2. The Morgan fingerprint density at radius 2 is 2.00 bits per heavy atom. The van der Waals surface area contributed by atoms with E-state index in [1.54, 1.807) is 31.2 Å². The maximum atomic E-state index is 11.6. The van der Waals surface area contributed by atoms with Gasteiger partial charge in [-0.25, -0.2) is 14.3 Å². The number of hydrogen-bond donors (Lipinski definition) is 1. The van der Waals surface area contributed by atoms with Gasteiger partial charge in [0.1, 0.15) is 0 Å². The van der Waals surface area contributed by atoms with Crippen molar-refractivity contribution in [1.82, 2.24) is 9.78 Å².